The van der Waals surface area contributed by atoms with Crippen LogP contribution >= 0.6 is 50.7 Å². The first-order valence-corrected chi connectivity index (χ1v) is 11.4. The molecule has 0 fully saturated rings. The third kappa shape index (κ3) is 5.70. The molecule has 2 aromatic heterocycles. The fourth-order valence-corrected chi connectivity index (χ4v) is 4.04. The number of anilines is 1. The number of amides is 1. The Morgan fingerprint density at radius 2 is 1.94 bits per heavy atom. The summed E-state index contributed by atoms with van der Waals surface area (Å²) < 4.78 is 27.4. The molecule has 0 radical (unpaired) electrons. The van der Waals surface area contributed by atoms with Crippen LogP contribution in [0.4, 0.5) is 10.2 Å². The lowest BCUT2D eigenvalue weighted by Gasteiger charge is -2.06. The van der Waals surface area contributed by atoms with Crippen LogP contribution in [0.2, 0.25) is 15.1 Å². The number of nitrogens with zero attached hydrogens (tertiary/aromatic N) is 2. The molecule has 0 aliphatic carbocycles. The van der Waals surface area contributed by atoms with Crippen LogP contribution in [0.3, 0.4) is 0 Å². The largest absolute Gasteiger partial charge is 0.484 e. The molecule has 1 N–H and O–H groups in total. The maximum Gasteiger partial charge on any atom is 0.292 e. The van der Waals surface area contributed by atoms with Crippen LogP contribution in [0.25, 0.3) is 0 Å². The minimum Gasteiger partial charge on any atom is -0.484 e. The molecule has 33 heavy (non-hydrogen) atoms. The fraction of sp³-hybridized carbons (Fsp3) is 0.0909. The van der Waals surface area contributed by atoms with Gasteiger partial charge in [0.1, 0.15) is 29.0 Å². The molecule has 1 amide bonds. The summed E-state index contributed by atoms with van der Waals surface area (Å²) in [7, 11) is 0. The molecular formula is C22H14BrCl3FN3O3. The Bertz CT molecular complexity index is 1310. The van der Waals surface area contributed by atoms with E-state index in [0.29, 0.717) is 16.5 Å². The Morgan fingerprint density at radius 1 is 1.12 bits per heavy atom. The molecule has 11 heteroatoms. The molecule has 6 nitrogen and oxygen atoms in total. The quantitative estimate of drug-likeness (QED) is 0.254. The number of rotatable bonds is 7. The summed E-state index contributed by atoms with van der Waals surface area (Å²) in [4.78, 5) is 12.6. The van der Waals surface area contributed by atoms with Crippen molar-refractivity contribution in [2.24, 2.45) is 0 Å². The number of aromatic nitrogens is 2. The van der Waals surface area contributed by atoms with E-state index in [9.17, 15) is 9.18 Å². The van der Waals surface area contributed by atoms with Gasteiger partial charge in [0.25, 0.3) is 5.91 Å². The molecule has 0 aliphatic rings. The Kier molecular flexibility index (Phi) is 7.29. The standard InChI is InChI=1S/C22H14BrCl3FN3O3/c23-12-4-6-19(16(25)8-12)32-11-13-5-7-20(33-13)22(31)28-21-17(26)10-30(29-21)9-14-15(24)2-1-3-18(14)27/h1-8,10H,9,11H2,(H,28,29,31). The number of carbonyl (C=O) groups is 1. The van der Waals surface area contributed by atoms with Crippen LogP contribution in [0, 0.1) is 5.82 Å². The monoisotopic (exact) mass is 571 g/mol. The second-order valence-corrected chi connectivity index (χ2v) is 8.94. The first-order valence-electron chi connectivity index (χ1n) is 9.44. The van der Waals surface area contributed by atoms with Crippen molar-refractivity contribution >= 4 is 62.5 Å². The maximum absolute atomic E-state index is 14.0. The zero-order valence-corrected chi connectivity index (χ0v) is 20.5. The Balaban J connectivity index is 1.40. The van der Waals surface area contributed by atoms with Crippen molar-refractivity contribution in [3.05, 3.63) is 97.2 Å². The number of benzene rings is 2. The highest BCUT2D eigenvalue weighted by Crippen LogP contribution is 2.29. The van der Waals surface area contributed by atoms with Gasteiger partial charge in [0.2, 0.25) is 0 Å². The van der Waals surface area contributed by atoms with Gasteiger partial charge < -0.3 is 14.5 Å². The van der Waals surface area contributed by atoms with E-state index in [2.05, 4.69) is 26.3 Å². The van der Waals surface area contributed by atoms with Crippen LogP contribution in [-0.2, 0) is 13.2 Å². The van der Waals surface area contributed by atoms with Crippen molar-refractivity contribution in [3.63, 3.8) is 0 Å². The van der Waals surface area contributed by atoms with E-state index in [1.807, 2.05) is 0 Å². The number of carbonyl (C=O) groups excluding carboxylic acids is 1. The highest BCUT2D eigenvalue weighted by Gasteiger charge is 2.17. The van der Waals surface area contributed by atoms with Crippen molar-refractivity contribution in [2.75, 3.05) is 5.32 Å². The zero-order chi connectivity index (χ0) is 23.5. The molecule has 0 saturated heterocycles. The summed E-state index contributed by atoms with van der Waals surface area (Å²) in [6, 6.07) is 12.7. The predicted octanol–water partition coefficient (Wildman–Crippen LogP) is 7.22. The summed E-state index contributed by atoms with van der Waals surface area (Å²) in [5.41, 5.74) is 0.262. The van der Waals surface area contributed by atoms with Crippen LogP contribution in [0.1, 0.15) is 21.9 Å². The molecule has 2 heterocycles. The Morgan fingerprint density at radius 3 is 2.70 bits per heavy atom. The summed E-state index contributed by atoms with van der Waals surface area (Å²) in [5, 5.41) is 7.65. The SMILES string of the molecule is O=C(Nc1nn(Cc2c(F)cccc2Cl)cc1Cl)c1ccc(COc2ccc(Br)cc2Cl)o1. The molecule has 4 rings (SSSR count). The van der Waals surface area contributed by atoms with Gasteiger partial charge in [-0.05, 0) is 42.5 Å². The number of hydrogen-bond donors (Lipinski definition) is 1. The van der Waals surface area contributed by atoms with Crippen LogP contribution < -0.4 is 10.1 Å². The molecule has 0 saturated carbocycles. The van der Waals surface area contributed by atoms with E-state index in [0.717, 1.165) is 4.47 Å². The molecule has 170 valence electrons. The fourth-order valence-electron chi connectivity index (χ4n) is 2.90. The molecule has 0 bridgehead atoms. The second-order valence-electron chi connectivity index (χ2n) is 6.81. The first-order chi connectivity index (χ1) is 15.8. The molecule has 0 aliphatic heterocycles. The van der Waals surface area contributed by atoms with E-state index in [4.69, 9.17) is 44.0 Å². The van der Waals surface area contributed by atoms with Gasteiger partial charge in [-0.1, -0.05) is 56.8 Å². The average molecular weight is 574 g/mol. The van der Waals surface area contributed by atoms with Gasteiger partial charge in [0.15, 0.2) is 11.6 Å². The number of hydrogen-bond acceptors (Lipinski definition) is 4. The number of nitrogens with one attached hydrogen (secondary N) is 1. The smallest absolute Gasteiger partial charge is 0.292 e. The van der Waals surface area contributed by atoms with Gasteiger partial charge in [-0.25, -0.2) is 4.39 Å². The van der Waals surface area contributed by atoms with E-state index in [-0.39, 0.29) is 40.3 Å². The molecular weight excluding hydrogens is 560 g/mol. The maximum atomic E-state index is 14.0. The zero-order valence-electron chi connectivity index (χ0n) is 16.6. The summed E-state index contributed by atoms with van der Waals surface area (Å²) in [5.74, 6) is 0.0243. The van der Waals surface area contributed by atoms with Crippen LogP contribution in [0.15, 0.2) is 63.6 Å². The van der Waals surface area contributed by atoms with Crippen LogP contribution in [-0.4, -0.2) is 15.7 Å². The lowest BCUT2D eigenvalue weighted by atomic mass is 10.2. The lowest BCUT2D eigenvalue weighted by Crippen LogP contribution is -2.12. The third-order valence-electron chi connectivity index (χ3n) is 4.48. The molecule has 0 atom stereocenters. The normalized spacial score (nSPS) is 10.9. The van der Waals surface area contributed by atoms with E-state index >= 15 is 0 Å². The number of ether oxygens (including phenoxy) is 1. The lowest BCUT2D eigenvalue weighted by molar-refractivity contribution is 0.0992. The van der Waals surface area contributed by atoms with Crippen molar-refractivity contribution in [3.8, 4) is 5.75 Å². The predicted molar refractivity (Wildman–Crippen MR) is 128 cm³/mol. The van der Waals surface area contributed by atoms with Crippen molar-refractivity contribution in [1.82, 2.24) is 9.78 Å². The van der Waals surface area contributed by atoms with Gasteiger partial charge in [-0.2, -0.15) is 5.10 Å². The topological polar surface area (TPSA) is 69.3 Å². The van der Waals surface area contributed by atoms with E-state index in [1.165, 1.54) is 29.1 Å². The van der Waals surface area contributed by atoms with Gasteiger partial charge in [0, 0.05) is 21.3 Å². The highest BCUT2D eigenvalue weighted by atomic mass is 79.9. The summed E-state index contributed by atoms with van der Waals surface area (Å²) >= 11 is 21.7. The van der Waals surface area contributed by atoms with E-state index in [1.54, 1.807) is 30.3 Å². The van der Waals surface area contributed by atoms with Crippen molar-refractivity contribution in [1.29, 1.82) is 0 Å². The molecule has 2 aromatic carbocycles. The van der Waals surface area contributed by atoms with Gasteiger partial charge >= 0.3 is 0 Å². The number of furan rings is 1. The van der Waals surface area contributed by atoms with Gasteiger partial charge in [0.05, 0.1) is 11.6 Å². The Labute approximate surface area is 211 Å². The summed E-state index contributed by atoms with van der Waals surface area (Å²) in [6.07, 6.45) is 1.46. The molecule has 0 spiro atoms. The summed E-state index contributed by atoms with van der Waals surface area (Å²) in [6.45, 7) is 0.120. The minimum absolute atomic E-state index is 0.0401. The molecule has 4 aromatic rings. The first kappa shape index (κ1) is 23.6. The van der Waals surface area contributed by atoms with Gasteiger partial charge in [-0.15, -0.1) is 0 Å². The van der Waals surface area contributed by atoms with Crippen LogP contribution in [0.5, 0.6) is 5.75 Å². The average Bonchev–Trinajstić information content (AvgIpc) is 3.37. The third-order valence-corrected chi connectivity index (χ3v) is 5.90. The highest BCUT2D eigenvalue weighted by molar-refractivity contribution is 9.10. The van der Waals surface area contributed by atoms with Crippen molar-refractivity contribution in [2.45, 2.75) is 13.2 Å². The molecule has 0 unspecified atom stereocenters. The van der Waals surface area contributed by atoms with Gasteiger partial charge in [-0.3, -0.25) is 9.48 Å². The second kappa shape index (κ2) is 10.2. The number of halogens is 5. The van der Waals surface area contributed by atoms with Crippen molar-refractivity contribution < 1.29 is 18.3 Å². The Hall–Kier alpha value is -2.52. The van der Waals surface area contributed by atoms with E-state index < -0.39 is 11.7 Å². The minimum atomic E-state index is -0.556.